The van der Waals surface area contributed by atoms with E-state index in [4.69, 9.17) is 10.2 Å². The molecule has 1 aromatic heterocycles. The molecule has 2 unspecified atom stereocenters. The molecule has 2 fully saturated rings. The SMILES string of the molecule is NC1CC2CCCC(C1)C2NC(=O)Cc1coc2cc(F)ccc12. The molecule has 2 atom stereocenters. The molecule has 4 nitrogen and oxygen atoms in total. The summed E-state index contributed by atoms with van der Waals surface area (Å²) in [4.78, 5) is 12.5. The minimum Gasteiger partial charge on any atom is -0.464 e. The number of benzene rings is 1. The van der Waals surface area contributed by atoms with Gasteiger partial charge in [0.2, 0.25) is 5.91 Å². The fourth-order valence-corrected chi connectivity index (χ4v) is 4.63. The van der Waals surface area contributed by atoms with Crippen molar-refractivity contribution < 1.29 is 13.6 Å². The Kier molecular flexibility index (Phi) is 4.04. The highest BCUT2D eigenvalue weighted by Crippen LogP contribution is 2.39. The van der Waals surface area contributed by atoms with Crippen LogP contribution in [0.2, 0.25) is 0 Å². The maximum absolute atomic E-state index is 13.2. The summed E-state index contributed by atoms with van der Waals surface area (Å²) in [6.07, 6.45) is 7.39. The molecule has 1 amide bonds. The van der Waals surface area contributed by atoms with Gasteiger partial charge in [0.1, 0.15) is 11.4 Å². The highest BCUT2D eigenvalue weighted by atomic mass is 19.1. The topological polar surface area (TPSA) is 68.3 Å². The van der Waals surface area contributed by atoms with Gasteiger partial charge in [-0.15, -0.1) is 0 Å². The van der Waals surface area contributed by atoms with Crippen molar-refractivity contribution in [1.82, 2.24) is 5.32 Å². The maximum Gasteiger partial charge on any atom is 0.224 e. The van der Waals surface area contributed by atoms with Crippen LogP contribution in [0.5, 0.6) is 0 Å². The van der Waals surface area contributed by atoms with Crippen molar-refractivity contribution in [1.29, 1.82) is 0 Å². The molecule has 2 saturated carbocycles. The van der Waals surface area contributed by atoms with E-state index in [1.54, 1.807) is 12.3 Å². The van der Waals surface area contributed by atoms with Gasteiger partial charge in [-0.3, -0.25) is 4.79 Å². The second kappa shape index (κ2) is 6.20. The monoisotopic (exact) mass is 330 g/mol. The summed E-state index contributed by atoms with van der Waals surface area (Å²) in [5.74, 6) is 0.692. The number of fused-ring (bicyclic) bond motifs is 3. The van der Waals surface area contributed by atoms with Gasteiger partial charge in [-0.1, -0.05) is 6.42 Å². The van der Waals surface area contributed by atoms with Gasteiger partial charge in [-0.2, -0.15) is 0 Å². The first-order valence-electron chi connectivity index (χ1n) is 8.80. The minimum atomic E-state index is -0.334. The van der Waals surface area contributed by atoms with E-state index in [9.17, 15) is 9.18 Å². The molecule has 2 bridgehead atoms. The van der Waals surface area contributed by atoms with Gasteiger partial charge in [0.25, 0.3) is 0 Å². The highest BCUT2D eigenvalue weighted by molar-refractivity contribution is 5.87. The van der Waals surface area contributed by atoms with Crippen molar-refractivity contribution in [3.8, 4) is 0 Å². The van der Waals surface area contributed by atoms with Crippen molar-refractivity contribution in [3.63, 3.8) is 0 Å². The molecule has 0 radical (unpaired) electrons. The number of nitrogens with one attached hydrogen (secondary N) is 1. The Morgan fingerprint density at radius 3 is 2.79 bits per heavy atom. The number of hydrogen-bond acceptors (Lipinski definition) is 3. The average Bonchev–Trinajstić information content (AvgIpc) is 2.90. The van der Waals surface area contributed by atoms with E-state index in [1.165, 1.54) is 18.6 Å². The Hall–Kier alpha value is -1.88. The maximum atomic E-state index is 13.2. The Morgan fingerprint density at radius 2 is 2.04 bits per heavy atom. The van der Waals surface area contributed by atoms with Crippen LogP contribution in [-0.2, 0) is 11.2 Å². The van der Waals surface area contributed by atoms with Gasteiger partial charge in [0, 0.05) is 29.1 Å². The van der Waals surface area contributed by atoms with Gasteiger partial charge >= 0.3 is 0 Å². The van der Waals surface area contributed by atoms with Crippen molar-refractivity contribution in [2.75, 3.05) is 0 Å². The quantitative estimate of drug-likeness (QED) is 0.908. The highest BCUT2D eigenvalue weighted by Gasteiger charge is 2.39. The van der Waals surface area contributed by atoms with Crippen LogP contribution in [0, 0.1) is 17.7 Å². The largest absolute Gasteiger partial charge is 0.464 e. The number of halogens is 1. The molecule has 0 saturated heterocycles. The normalized spacial score (nSPS) is 29.6. The number of nitrogens with two attached hydrogens (primary N) is 1. The third kappa shape index (κ3) is 2.93. The number of furan rings is 1. The molecule has 5 heteroatoms. The second-order valence-corrected chi connectivity index (χ2v) is 7.35. The molecular formula is C19H23FN2O2. The van der Waals surface area contributed by atoms with Gasteiger partial charge in [0.05, 0.1) is 12.7 Å². The summed E-state index contributed by atoms with van der Waals surface area (Å²) in [6, 6.07) is 4.95. The van der Waals surface area contributed by atoms with Crippen molar-refractivity contribution in [2.24, 2.45) is 17.6 Å². The summed E-state index contributed by atoms with van der Waals surface area (Å²) in [5, 5.41) is 4.05. The fraction of sp³-hybridized carbons (Fsp3) is 0.526. The first-order chi connectivity index (χ1) is 11.6. The van der Waals surface area contributed by atoms with Crippen molar-refractivity contribution in [3.05, 3.63) is 35.8 Å². The first kappa shape index (κ1) is 15.6. The number of rotatable bonds is 3. The van der Waals surface area contributed by atoms with Crippen molar-refractivity contribution >= 4 is 16.9 Å². The average molecular weight is 330 g/mol. The Labute approximate surface area is 140 Å². The zero-order valence-electron chi connectivity index (χ0n) is 13.6. The van der Waals surface area contributed by atoms with Crippen LogP contribution in [0.3, 0.4) is 0 Å². The molecule has 1 heterocycles. The molecule has 4 rings (SSSR count). The van der Waals surface area contributed by atoms with E-state index >= 15 is 0 Å². The Balaban J connectivity index is 1.46. The molecule has 2 aliphatic rings. The van der Waals surface area contributed by atoms with E-state index in [0.717, 1.165) is 36.6 Å². The summed E-state index contributed by atoms with van der Waals surface area (Å²) in [5.41, 5.74) is 7.44. The van der Waals surface area contributed by atoms with Crippen LogP contribution in [-0.4, -0.2) is 18.0 Å². The summed E-state index contributed by atoms with van der Waals surface area (Å²) in [6.45, 7) is 0. The van der Waals surface area contributed by atoms with Gasteiger partial charge in [0.15, 0.2) is 0 Å². The lowest BCUT2D eigenvalue weighted by molar-refractivity contribution is -0.122. The minimum absolute atomic E-state index is 0.0133. The van der Waals surface area contributed by atoms with E-state index in [1.807, 2.05) is 0 Å². The lowest BCUT2D eigenvalue weighted by atomic mass is 9.67. The summed E-state index contributed by atoms with van der Waals surface area (Å²) >= 11 is 0. The number of carbonyl (C=O) groups excluding carboxylic acids is 1. The second-order valence-electron chi connectivity index (χ2n) is 7.35. The number of hydrogen-bond donors (Lipinski definition) is 2. The van der Waals surface area contributed by atoms with Gasteiger partial charge in [-0.25, -0.2) is 4.39 Å². The van der Waals surface area contributed by atoms with Crippen LogP contribution in [0.25, 0.3) is 11.0 Å². The zero-order chi connectivity index (χ0) is 16.7. The predicted octanol–water partition coefficient (Wildman–Crippen LogP) is 3.14. The number of carbonyl (C=O) groups is 1. The third-order valence-electron chi connectivity index (χ3n) is 5.67. The van der Waals surface area contributed by atoms with Crippen LogP contribution >= 0.6 is 0 Å². The molecule has 0 spiro atoms. The predicted molar refractivity (Wildman–Crippen MR) is 89.8 cm³/mol. The van der Waals surface area contributed by atoms with Crippen LogP contribution in [0.4, 0.5) is 4.39 Å². The van der Waals surface area contributed by atoms with E-state index in [-0.39, 0.29) is 30.2 Å². The van der Waals surface area contributed by atoms with E-state index < -0.39 is 0 Å². The molecule has 2 aliphatic carbocycles. The van der Waals surface area contributed by atoms with E-state index in [0.29, 0.717) is 17.4 Å². The molecule has 128 valence electrons. The molecule has 2 aromatic rings. The molecular weight excluding hydrogens is 307 g/mol. The Morgan fingerprint density at radius 1 is 1.29 bits per heavy atom. The summed E-state index contributed by atoms with van der Waals surface area (Å²) < 4.78 is 18.6. The van der Waals surface area contributed by atoms with Gasteiger partial charge in [-0.05, 0) is 49.7 Å². The van der Waals surface area contributed by atoms with Crippen molar-refractivity contribution in [2.45, 2.75) is 50.6 Å². The lowest BCUT2D eigenvalue weighted by Crippen LogP contribution is -2.54. The lowest BCUT2D eigenvalue weighted by Gasteiger charge is -2.45. The summed E-state index contributed by atoms with van der Waals surface area (Å²) in [7, 11) is 0. The first-order valence-corrected chi connectivity index (χ1v) is 8.80. The smallest absolute Gasteiger partial charge is 0.224 e. The zero-order valence-corrected chi connectivity index (χ0v) is 13.6. The standard InChI is InChI=1S/C19H23FN2O2/c20-14-4-5-16-13(10-24-17(16)9-14)8-18(23)22-19-11-2-1-3-12(19)7-15(21)6-11/h4-5,9-12,15,19H,1-3,6-8,21H2,(H,22,23). The molecule has 3 N–H and O–H groups in total. The molecule has 1 aromatic carbocycles. The van der Waals surface area contributed by atoms with Gasteiger partial charge < -0.3 is 15.5 Å². The van der Waals surface area contributed by atoms with E-state index in [2.05, 4.69) is 5.32 Å². The Bertz CT molecular complexity index is 743. The molecule has 24 heavy (non-hydrogen) atoms. The van der Waals surface area contributed by atoms with Crippen LogP contribution in [0.15, 0.2) is 28.9 Å². The number of amides is 1. The fourth-order valence-electron chi connectivity index (χ4n) is 4.63. The third-order valence-corrected chi connectivity index (χ3v) is 5.67. The molecule has 0 aliphatic heterocycles. The van der Waals surface area contributed by atoms with Crippen LogP contribution in [0.1, 0.15) is 37.7 Å². The van der Waals surface area contributed by atoms with Crippen LogP contribution < -0.4 is 11.1 Å².